The van der Waals surface area contributed by atoms with Crippen LogP contribution in [0.15, 0.2) is 45.3 Å². The zero-order valence-corrected chi connectivity index (χ0v) is 29.9. The van der Waals surface area contributed by atoms with Gasteiger partial charge in [-0.15, -0.1) is 0 Å². The summed E-state index contributed by atoms with van der Waals surface area (Å²) in [5.74, 6) is 1.08. The average Bonchev–Trinajstić information content (AvgIpc) is 3.06. The van der Waals surface area contributed by atoms with Crippen LogP contribution in [0.1, 0.15) is 56.1 Å². The number of fused-ring (bicyclic) bond motifs is 1. The molecule has 0 aromatic heterocycles. The number of likely N-dealkylation sites (tertiary alicyclic amines) is 3. The Morgan fingerprint density at radius 3 is 2.13 bits per heavy atom. The third kappa shape index (κ3) is 7.57. The van der Waals surface area contributed by atoms with Gasteiger partial charge in [-0.3, -0.25) is 9.59 Å². The van der Waals surface area contributed by atoms with Crippen LogP contribution in [0.3, 0.4) is 0 Å². The van der Waals surface area contributed by atoms with Crippen LogP contribution in [-0.4, -0.2) is 89.8 Å². The first-order valence-corrected chi connectivity index (χ1v) is 18.4. The minimum Gasteiger partial charge on any atom is -0.397 e. The number of para-hydroxylation sites is 1. The third-order valence-corrected chi connectivity index (χ3v) is 12.1. The van der Waals surface area contributed by atoms with Crippen molar-refractivity contribution < 1.29 is 14.4 Å². The zero-order chi connectivity index (χ0) is 32.4. The first-order valence-electron chi connectivity index (χ1n) is 16.8. The molecule has 0 radical (unpaired) electrons. The van der Waals surface area contributed by atoms with E-state index in [2.05, 4.69) is 49.1 Å². The Morgan fingerprint density at radius 2 is 1.48 bits per heavy atom. The maximum absolute atomic E-state index is 14.1. The SMILES string of the molecule is CN1CCC(C2CCN(C(=O)[C@@H](CC(=O)N3CCC(N4Cc5ccccc5NC4=O)CC3)Cc3cc(Br)c(N)c(Br)c3)CC2)CC1. The molecule has 46 heavy (non-hydrogen) atoms. The Labute approximate surface area is 289 Å². The molecule has 2 aromatic rings. The minimum absolute atomic E-state index is 0.0139. The van der Waals surface area contributed by atoms with Crippen molar-refractivity contribution in [3.05, 3.63) is 56.5 Å². The number of nitrogen functional groups attached to an aromatic ring is 1. The fraction of sp³-hybridized carbons (Fsp3) is 0.571. The summed E-state index contributed by atoms with van der Waals surface area (Å²) in [4.78, 5) is 49.0. The highest BCUT2D eigenvalue weighted by atomic mass is 79.9. The number of nitrogens with two attached hydrogens (primary N) is 1. The molecule has 4 amide bonds. The van der Waals surface area contributed by atoms with E-state index in [-0.39, 0.29) is 30.3 Å². The predicted molar refractivity (Wildman–Crippen MR) is 188 cm³/mol. The zero-order valence-electron chi connectivity index (χ0n) is 26.7. The van der Waals surface area contributed by atoms with Crippen LogP contribution in [0.2, 0.25) is 0 Å². The van der Waals surface area contributed by atoms with Crippen LogP contribution in [0, 0.1) is 17.8 Å². The number of halogens is 2. The second-order valence-corrected chi connectivity index (χ2v) is 15.4. The van der Waals surface area contributed by atoms with Gasteiger partial charge in [0.25, 0.3) is 0 Å². The highest BCUT2D eigenvalue weighted by Gasteiger charge is 2.36. The fourth-order valence-corrected chi connectivity index (χ4v) is 9.20. The van der Waals surface area contributed by atoms with Crippen LogP contribution in [0.5, 0.6) is 0 Å². The number of piperidine rings is 3. The molecule has 0 aliphatic carbocycles. The monoisotopic (exact) mass is 756 g/mol. The van der Waals surface area contributed by atoms with E-state index in [0.29, 0.717) is 37.7 Å². The summed E-state index contributed by atoms with van der Waals surface area (Å²) >= 11 is 7.11. The Kier molecular flexibility index (Phi) is 10.6. The predicted octanol–water partition coefficient (Wildman–Crippen LogP) is 5.96. The number of urea groups is 1. The van der Waals surface area contributed by atoms with Gasteiger partial charge in [0.2, 0.25) is 11.8 Å². The topological polar surface area (TPSA) is 102 Å². The van der Waals surface area contributed by atoms with Crippen molar-refractivity contribution in [2.75, 3.05) is 57.4 Å². The fourth-order valence-electron chi connectivity index (χ4n) is 7.92. The number of nitrogens with one attached hydrogen (secondary N) is 1. The number of amides is 4. The van der Waals surface area contributed by atoms with E-state index in [1.165, 1.54) is 12.8 Å². The summed E-state index contributed by atoms with van der Waals surface area (Å²) in [7, 11) is 2.20. The Morgan fingerprint density at radius 1 is 0.891 bits per heavy atom. The highest BCUT2D eigenvalue weighted by molar-refractivity contribution is 9.11. The number of benzene rings is 2. The lowest BCUT2D eigenvalue weighted by molar-refractivity contribution is -0.143. The minimum atomic E-state index is -0.447. The van der Waals surface area contributed by atoms with Crippen molar-refractivity contribution in [1.29, 1.82) is 0 Å². The molecule has 0 bridgehead atoms. The standard InChI is InChI=1S/C35H46Br2N6O3/c1-40-12-6-24(7-13-40)25-8-14-42(15-9-25)34(45)27(18-23-19-29(36)33(38)30(37)20-23)21-32(44)41-16-10-28(11-17-41)43-22-26-4-2-3-5-31(26)39-35(43)46/h2-5,19-20,24-25,27-28H,6-18,21-22,38H2,1H3,(H,39,46)/t27-/m1/s1. The lowest BCUT2D eigenvalue weighted by Crippen LogP contribution is -2.51. The van der Waals surface area contributed by atoms with Crippen LogP contribution in [-0.2, 0) is 22.6 Å². The molecule has 248 valence electrons. The number of carbonyl (C=O) groups is 3. The van der Waals surface area contributed by atoms with E-state index in [1.807, 2.05) is 51.1 Å². The number of hydrogen-bond donors (Lipinski definition) is 2. The summed E-state index contributed by atoms with van der Waals surface area (Å²) in [6, 6.07) is 11.8. The molecule has 3 saturated heterocycles. The van der Waals surface area contributed by atoms with Crippen LogP contribution in [0.25, 0.3) is 0 Å². The van der Waals surface area contributed by atoms with Gasteiger partial charge in [0.05, 0.1) is 11.6 Å². The molecule has 2 aromatic carbocycles. The first-order chi connectivity index (χ1) is 22.2. The molecule has 1 atom stereocenters. The van der Waals surface area contributed by atoms with Gasteiger partial charge in [-0.05, 0) is 138 Å². The number of anilines is 2. The molecule has 4 aliphatic rings. The average molecular weight is 759 g/mol. The Bertz CT molecular complexity index is 1410. The van der Waals surface area contributed by atoms with Crippen LogP contribution < -0.4 is 11.1 Å². The summed E-state index contributed by atoms with van der Waals surface area (Å²) in [6.45, 7) is 5.60. The van der Waals surface area contributed by atoms with Gasteiger partial charge >= 0.3 is 6.03 Å². The van der Waals surface area contributed by atoms with E-state index in [4.69, 9.17) is 5.73 Å². The lowest BCUT2D eigenvalue weighted by Gasteiger charge is -2.41. The smallest absolute Gasteiger partial charge is 0.322 e. The van der Waals surface area contributed by atoms with E-state index in [0.717, 1.165) is 83.5 Å². The van der Waals surface area contributed by atoms with Gasteiger partial charge in [0.1, 0.15) is 0 Å². The van der Waals surface area contributed by atoms with Crippen molar-refractivity contribution in [2.24, 2.45) is 17.8 Å². The molecule has 0 spiro atoms. The summed E-state index contributed by atoms with van der Waals surface area (Å²) in [6.07, 6.45) is 6.68. The molecule has 4 heterocycles. The Hall–Kier alpha value is -2.63. The number of nitrogens with zero attached hydrogens (tertiary/aromatic N) is 4. The van der Waals surface area contributed by atoms with Gasteiger partial charge in [0.15, 0.2) is 0 Å². The van der Waals surface area contributed by atoms with E-state index >= 15 is 0 Å². The molecule has 9 nitrogen and oxygen atoms in total. The maximum Gasteiger partial charge on any atom is 0.322 e. The van der Waals surface area contributed by atoms with Crippen LogP contribution in [0.4, 0.5) is 16.2 Å². The third-order valence-electron chi connectivity index (χ3n) is 10.8. The van der Waals surface area contributed by atoms with Crippen LogP contribution >= 0.6 is 31.9 Å². The molecule has 11 heteroatoms. The molecule has 3 N–H and O–H groups in total. The molecule has 3 fully saturated rings. The second-order valence-electron chi connectivity index (χ2n) is 13.7. The van der Waals surface area contributed by atoms with E-state index in [9.17, 15) is 14.4 Å². The maximum atomic E-state index is 14.1. The number of rotatable bonds is 7. The normalized spacial score (nSPS) is 21.2. The molecular weight excluding hydrogens is 712 g/mol. The summed E-state index contributed by atoms with van der Waals surface area (Å²) in [5.41, 5.74) is 9.72. The van der Waals surface area contributed by atoms with Crippen molar-refractivity contribution in [3.63, 3.8) is 0 Å². The van der Waals surface area contributed by atoms with Gasteiger partial charge in [-0.2, -0.15) is 0 Å². The van der Waals surface area contributed by atoms with Crippen molar-refractivity contribution in [3.8, 4) is 0 Å². The van der Waals surface area contributed by atoms with E-state index < -0.39 is 5.92 Å². The summed E-state index contributed by atoms with van der Waals surface area (Å²) in [5, 5.41) is 3.02. The number of hydrogen-bond acceptors (Lipinski definition) is 5. The molecular formula is C35H46Br2N6O3. The quantitative estimate of drug-likeness (QED) is 0.340. The molecule has 0 saturated carbocycles. The van der Waals surface area contributed by atoms with E-state index in [1.54, 1.807) is 0 Å². The molecule has 6 rings (SSSR count). The first kappa shape index (κ1) is 33.3. The van der Waals surface area contributed by atoms with Crippen molar-refractivity contribution >= 4 is 61.1 Å². The molecule has 4 aliphatic heterocycles. The number of carbonyl (C=O) groups excluding carboxylic acids is 3. The van der Waals surface area contributed by atoms with Gasteiger partial charge < -0.3 is 30.7 Å². The van der Waals surface area contributed by atoms with Gasteiger partial charge in [-0.25, -0.2) is 4.79 Å². The lowest BCUT2D eigenvalue weighted by atomic mass is 9.78. The van der Waals surface area contributed by atoms with Crippen molar-refractivity contribution in [1.82, 2.24) is 19.6 Å². The molecule has 0 unspecified atom stereocenters. The van der Waals surface area contributed by atoms with Crippen molar-refractivity contribution in [2.45, 2.75) is 64.0 Å². The highest BCUT2D eigenvalue weighted by Crippen LogP contribution is 2.35. The van der Waals surface area contributed by atoms with Gasteiger partial charge in [0, 0.05) is 59.8 Å². The van der Waals surface area contributed by atoms with Gasteiger partial charge in [-0.1, -0.05) is 18.2 Å². The Balaban J connectivity index is 1.09. The second kappa shape index (κ2) is 14.6. The summed E-state index contributed by atoms with van der Waals surface area (Å²) < 4.78 is 1.56. The largest absolute Gasteiger partial charge is 0.397 e.